The lowest BCUT2D eigenvalue weighted by atomic mass is 9.51. The van der Waals surface area contributed by atoms with Crippen molar-refractivity contribution >= 4 is 8.32 Å². The fourth-order valence-electron chi connectivity index (χ4n) is 5.84. The number of fused-ring (bicyclic) bond motifs is 2. The van der Waals surface area contributed by atoms with Crippen LogP contribution in [0.2, 0.25) is 18.1 Å². The molecule has 38 heavy (non-hydrogen) atoms. The SMILES string of the molecule is COc1ccc(COC[C@@H](C)/C=C/[C@]2(O)C[C@H]3C=C[C@]2(C)C[C@H]3[C@H](CO[Si](C)(C)C(C)(C)C)C(C)C)cc1. The lowest BCUT2D eigenvalue weighted by molar-refractivity contribution is -0.0996. The highest BCUT2D eigenvalue weighted by molar-refractivity contribution is 6.74. The summed E-state index contributed by atoms with van der Waals surface area (Å²) in [7, 11) is -0.128. The van der Waals surface area contributed by atoms with E-state index in [1.807, 2.05) is 24.3 Å². The number of aliphatic hydroxyl groups is 1. The highest BCUT2D eigenvalue weighted by Crippen LogP contribution is 2.57. The molecule has 5 heteroatoms. The number of hydrogen-bond donors (Lipinski definition) is 1. The molecule has 1 aromatic rings. The van der Waals surface area contributed by atoms with Crippen molar-refractivity contribution in [1.29, 1.82) is 0 Å². The number of allylic oxidation sites excluding steroid dienone is 1. The first kappa shape index (κ1) is 31.1. The molecule has 1 saturated carbocycles. The van der Waals surface area contributed by atoms with E-state index in [9.17, 15) is 5.11 Å². The average molecular weight is 543 g/mol. The van der Waals surface area contributed by atoms with E-state index in [4.69, 9.17) is 13.9 Å². The fourth-order valence-corrected chi connectivity index (χ4v) is 6.89. The van der Waals surface area contributed by atoms with E-state index in [1.54, 1.807) is 7.11 Å². The molecule has 0 saturated heterocycles. The van der Waals surface area contributed by atoms with Gasteiger partial charge in [0.2, 0.25) is 0 Å². The van der Waals surface area contributed by atoms with Crippen LogP contribution >= 0.6 is 0 Å². The fraction of sp³-hybridized carbons (Fsp3) is 0.697. The van der Waals surface area contributed by atoms with Crippen molar-refractivity contribution in [3.63, 3.8) is 0 Å². The minimum absolute atomic E-state index is 0.214. The number of benzene rings is 1. The third-order valence-corrected chi connectivity index (χ3v) is 14.3. The highest BCUT2D eigenvalue weighted by Gasteiger charge is 2.55. The molecule has 0 amide bonds. The molecule has 1 fully saturated rings. The van der Waals surface area contributed by atoms with Crippen molar-refractivity contribution in [2.75, 3.05) is 20.3 Å². The topological polar surface area (TPSA) is 47.9 Å². The van der Waals surface area contributed by atoms with E-state index in [-0.39, 0.29) is 16.4 Å². The van der Waals surface area contributed by atoms with Crippen LogP contribution in [0.15, 0.2) is 48.6 Å². The third-order valence-electron chi connectivity index (χ3n) is 9.81. The molecule has 214 valence electrons. The molecule has 0 heterocycles. The van der Waals surface area contributed by atoms with Gasteiger partial charge in [-0.15, -0.1) is 0 Å². The van der Waals surface area contributed by atoms with Crippen molar-refractivity contribution in [1.82, 2.24) is 0 Å². The third kappa shape index (κ3) is 7.02. The zero-order valence-corrected chi connectivity index (χ0v) is 26.7. The lowest BCUT2D eigenvalue weighted by Gasteiger charge is -2.57. The van der Waals surface area contributed by atoms with Gasteiger partial charge in [-0.3, -0.25) is 0 Å². The summed E-state index contributed by atoms with van der Waals surface area (Å²) in [4.78, 5) is 0. The molecular weight excluding hydrogens is 488 g/mol. The van der Waals surface area contributed by atoms with Crippen LogP contribution in [0.1, 0.15) is 66.9 Å². The number of hydrogen-bond acceptors (Lipinski definition) is 4. The molecule has 4 rings (SSSR count). The van der Waals surface area contributed by atoms with E-state index in [2.05, 4.69) is 85.9 Å². The molecule has 1 N–H and O–H groups in total. The lowest BCUT2D eigenvalue weighted by Crippen LogP contribution is -2.56. The summed E-state index contributed by atoms with van der Waals surface area (Å²) in [6, 6.07) is 7.99. The van der Waals surface area contributed by atoms with Gasteiger partial charge < -0.3 is 19.0 Å². The molecule has 4 nitrogen and oxygen atoms in total. The second kappa shape index (κ2) is 12.0. The Bertz CT molecular complexity index is 960. The first-order chi connectivity index (χ1) is 17.6. The van der Waals surface area contributed by atoms with Crippen LogP contribution in [0.25, 0.3) is 0 Å². The van der Waals surface area contributed by atoms with Crippen molar-refractivity contribution in [2.24, 2.45) is 35.0 Å². The molecule has 6 atom stereocenters. The maximum atomic E-state index is 11.9. The monoisotopic (exact) mass is 542 g/mol. The first-order valence-corrected chi connectivity index (χ1v) is 17.5. The molecule has 0 unspecified atom stereocenters. The van der Waals surface area contributed by atoms with Crippen LogP contribution in [-0.2, 0) is 15.8 Å². The Morgan fingerprint density at radius 3 is 2.29 bits per heavy atom. The van der Waals surface area contributed by atoms with Crippen LogP contribution in [-0.4, -0.2) is 39.3 Å². The Morgan fingerprint density at radius 1 is 1.08 bits per heavy atom. The Labute approximate surface area is 234 Å². The van der Waals surface area contributed by atoms with Crippen molar-refractivity contribution in [2.45, 2.75) is 91.6 Å². The maximum absolute atomic E-state index is 11.9. The van der Waals surface area contributed by atoms with Gasteiger partial charge in [0.05, 0.1) is 25.9 Å². The van der Waals surface area contributed by atoms with Crippen molar-refractivity contribution in [3.8, 4) is 5.75 Å². The summed E-state index contributed by atoms with van der Waals surface area (Å²) in [6.07, 6.45) is 10.7. The summed E-state index contributed by atoms with van der Waals surface area (Å²) < 4.78 is 17.9. The largest absolute Gasteiger partial charge is 0.497 e. The van der Waals surface area contributed by atoms with Crippen LogP contribution in [0.4, 0.5) is 0 Å². The van der Waals surface area contributed by atoms with Gasteiger partial charge in [-0.05, 0) is 78.3 Å². The minimum Gasteiger partial charge on any atom is -0.497 e. The Hall–Kier alpha value is -1.40. The molecule has 1 aromatic carbocycles. The number of methoxy groups -OCH3 is 1. The highest BCUT2D eigenvalue weighted by atomic mass is 28.4. The van der Waals surface area contributed by atoms with Crippen molar-refractivity contribution in [3.05, 3.63) is 54.1 Å². The zero-order chi connectivity index (χ0) is 28.4. The van der Waals surface area contributed by atoms with Gasteiger partial charge in [-0.1, -0.05) is 84.9 Å². The first-order valence-electron chi connectivity index (χ1n) is 14.6. The molecule has 0 radical (unpaired) electrons. The van der Waals surface area contributed by atoms with Crippen LogP contribution in [0, 0.1) is 35.0 Å². The summed E-state index contributed by atoms with van der Waals surface area (Å²) in [5.41, 5.74) is 0.0391. The Kier molecular flexibility index (Phi) is 9.83. The van der Waals surface area contributed by atoms with Gasteiger partial charge in [0, 0.05) is 12.0 Å². The second-order valence-corrected chi connectivity index (χ2v) is 18.9. The predicted molar refractivity (Wildman–Crippen MR) is 161 cm³/mol. The second-order valence-electron chi connectivity index (χ2n) is 14.1. The Balaban J connectivity index is 1.61. The molecule has 0 spiro atoms. The van der Waals surface area contributed by atoms with E-state index >= 15 is 0 Å². The predicted octanol–water partition coefficient (Wildman–Crippen LogP) is 8.03. The van der Waals surface area contributed by atoms with Gasteiger partial charge >= 0.3 is 0 Å². The smallest absolute Gasteiger partial charge is 0.191 e. The van der Waals surface area contributed by atoms with Gasteiger partial charge in [0.1, 0.15) is 5.75 Å². The van der Waals surface area contributed by atoms with Crippen molar-refractivity contribution < 1.29 is 19.0 Å². The molecule has 3 aliphatic rings. The van der Waals surface area contributed by atoms with Crippen LogP contribution in [0.3, 0.4) is 0 Å². The zero-order valence-electron chi connectivity index (χ0n) is 25.7. The van der Waals surface area contributed by atoms with E-state index in [0.717, 1.165) is 30.8 Å². The molecule has 3 aliphatic carbocycles. The molecular formula is C33H54O4Si. The molecule has 0 aromatic heterocycles. The van der Waals surface area contributed by atoms with E-state index in [0.29, 0.717) is 36.9 Å². The molecule has 0 aliphatic heterocycles. The van der Waals surface area contributed by atoms with Gasteiger partial charge in [0.25, 0.3) is 0 Å². The van der Waals surface area contributed by atoms with E-state index < -0.39 is 13.9 Å². The van der Waals surface area contributed by atoms with E-state index in [1.165, 1.54) is 0 Å². The number of ether oxygens (including phenoxy) is 2. The summed E-state index contributed by atoms with van der Waals surface area (Å²) in [5, 5.41) is 12.1. The van der Waals surface area contributed by atoms with Crippen LogP contribution < -0.4 is 4.74 Å². The summed E-state index contributed by atoms with van der Waals surface area (Å²) >= 11 is 0. The van der Waals surface area contributed by atoms with Gasteiger partial charge in [-0.2, -0.15) is 0 Å². The van der Waals surface area contributed by atoms with Gasteiger partial charge in [-0.25, -0.2) is 0 Å². The number of rotatable bonds is 12. The maximum Gasteiger partial charge on any atom is 0.191 e. The summed E-state index contributed by atoms with van der Waals surface area (Å²) in [5.74, 6) is 3.04. The normalized spacial score (nSPS) is 29.3. The standard InChI is InChI=1S/C33H54O4Si/c1-24(2)30(23-37-38(9,10)31(4,5)6)29-20-32(7)17-16-27(29)19-33(32,34)18-15-25(3)21-36-22-26-11-13-28(35-8)14-12-26/h11-18,24-25,27,29-30,34H,19-23H2,1-10H3/b18-15+/t25-,27+,29+,30+,32+,33-/m0/s1. The summed E-state index contributed by atoms with van der Waals surface area (Å²) in [6.45, 7) is 22.7. The quantitative estimate of drug-likeness (QED) is 0.214. The average Bonchev–Trinajstić information content (AvgIpc) is 2.83. The van der Waals surface area contributed by atoms with Crippen LogP contribution in [0.5, 0.6) is 5.75 Å². The minimum atomic E-state index is -1.80. The van der Waals surface area contributed by atoms with Gasteiger partial charge in [0.15, 0.2) is 8.32 Å². The Morgan fingerprint density at radius 2 is 1.74 bits per heavy atom. The molecule has 2 bridgehead atoms.